The largest absolute Gasteiger partial charge is 0.382 e. The maximum Gasteiger partial charge on any atom is 0.164 e. The zero-order chi connectivity index (χ0) is 9.35. The van der Waals surface area contributed by atoms with E-state index in [-0.39, 0.29) is 11.7 Å². The van der Waals surface area contributed by atoms with Crippen molar-refractivity contribution in [3.05, 3.63) is 12.2 Å². The van der Waals surface area contributed by atoms with Gasteiger partial charge in [-0.05, 0) is 32.6 Å². The molecule has 1 N–H and O–H groups in total. The highest BCUT2D eigenvalue weighted by Gasteiger charge is 2.36. The van der Waals surface area contributed by atoms with Crippen LogP contribution in [0.5, 0.6) is 0 Å². The van der Waals surface area contributed by atoms with Crippen molar-refractivity contribution in [2.75, 3.05) is 0 Å². The minimum absolute atomic E-state index is 0.0400. The minimum atomic E-state index is -1.08. The molecule has 2 nitrogen and oxygen atoms in total. The van der Waals surface area contributed by atoms with E-state index in [1.165, 1.54) is 0 Å². The predicted octanol–water partition coefficient (Wildman–Crippen LogP) is 1.68. The molecule has 1 fully saturated rings. The van der Waals surface area contributed by atoms with Crippen molar-refractivity contribution in [1.82, 2.24) is 0 Å². The zero-order valence-electron chi connectivity index (χ0n) is 7.76. The first-order valence-electron chi connectivity index (χ1n) is 4.34. The van der Waals surface area contributed by atoms with Crippen LogP contribution < -0.4 is 0 Å². The monoisotopic (exact) mass is 168 g/mol. The third kappa shape index (κ3) is 1.75. The van der Waals surface area contributed by atoms with Crippen molar-refractivity contribution < 1.29 is 9.90 Å². The number of carbonyl (C=O) groups is 1. The molecule has 0 unspecified atom stereocenters. The van der Waals surface area contributed by atoms with Crippen LogP contribution in [0.3, 0.4) is 0 Å². The van der Waals surface area contributed by atoms with E-state index in [0.717, 1.165) is 12.0 Å². The Morgan fingerprint density at radius 2 is 2.33 bits per heavy atom. The Bertz CT molecular complexity index is 216. The molecule has 1 rings (SSSR count). The Labute approximate surface area is 73.3 Å². The molecule has 1 aliphatic carbocycles. The lowest BCUT2D eigenvalue weighted by Gasteiger charge is -2.31. The van der Waals surface area contributed by atoms with Crippen LogP contribution in [0.4, 0.5) is 0 Å². The molecular weight excluding hydrogens is 152 g/mol. The fourth-order valence-electron chi connectivity index (χ4n) is 1.56. The maximum atomic E-state index is 11.3. The van der Waals surface area contributed by atoms with E-state index >= 15 is 0 Å². The van der Waals surface area contributed by atoms with Gasteiger partial charge in [0.15, 0.2) is 5.78 Å². The van der Waals surface area contributed by atoms with Crippen LogP contribution in [0.2, 0.25) is 0 Å². The molecule has 1 saturated carbocycles. The van der Waals surface area contributed by atoms with E-state index in [2.05, 4.69) is 6.58 Å². The second-order valence-electron chi connectivity index (χ2n) is 3.98. The summed E-state index contributed by atoms with van der Waals surface area (Å²) in [4.78, 5) is 11.3. The highest BCUT2D eigenvalue weighted by atomic mass is 16.3. The van der Waals surface area contributed by atoms with Crippen LogP contribution in [0.15, 0.2) is 12.2 Å². The van der Waals surface area contributed by atoms with Gasteiger partial charge >= 0.3 is 0 Å². The molecule has 0 heterocycles. The number of hydrogen-bond donors (Lipinski definition) is 1. The van der Waals surface area contributed by atoms with Crippen LogP contribution in [0, 0.1) is 5.92 Å². The molecule has 0 aromatic rings. The first kappa shape index (κ1) is 9.46. The van der Waals surface area contributed by atoms with Gasteiger partial charge in [-0.25, -0.2) is 0 Å². The lowest BCUT2D eigenvalue weighted by atomic mass is 9.76. The third-order valence-corrected chi connectivity index (χ3v) is 2.71. The summed E-state index contributed by atoms with van der Waals surface area (Å²) in [5, 5.41) is 9.56. The van der Waals surface area contributed by atoms with Gasteiger partial charge in [0, 0.05) is 6.42 Å². The first-order valence-corrected chi connectivity index (χ1v) is 4.34. The molecule has 0 aromatic heterocycles. The summed E-state index contributed by atoms with van der Waals surface area (Å²) in [6.45, 7) is 7.37. The minimum Gasteiger partial charge on any atom is -0.382 e. The van der Waals surface area contributed by atoms with Gasteiger partial charge < -0.3 is 5.11 Å². The van der Waals surface area contributed by atoms with E-state index in [0.29, 0.717) is 12.8 Å². The summed E-state index contributed by atoms with van der Waals surface area (Å²) in [6.07, 6.45) is 1.92. The molecule has 2 heteroatoms. The van der Waals surface area contributed by atoms with E-state index < -0.39 is 5.60 Å². The predicted molar refractivity (Wildman–Crippen MR) is 47.8 cm³/mol. The van der Waals surface area contributed by atoms with Crippen molar-refractivity contribution in [3.8, 4) is 0 Å². The number of rotatable bonds is 1. The van der Waals surface area contributed by atoms with Gasteiger partial charge in [-0.2, -0.15) is 0 Å². The molecule has 0 aromatic carbocycles. The highest BCUT2D eigenvalue weighted by Crippen LogP contribution is 2.32. The quantitative estimate of drug-likeness (QED) is 0.605. The number of hydrogen-bond acceptors (Lipinski definition) is 2. The van der Waals surface area contributed by atoms with Crippen molar-refractivity contribution in [3.63, 3.8) is 0 Å². The van der Waals surface area contributed by atoms with Crippen molar-refractivity contribution in [2.24, 2.45) is 5.92 Å². The Morgan fingerprint density at radius 3 is 2.75 bits per heavy atom. The average molecular weight is 168 g/mol. The van der Waals surface area contributed by atoms with E-state index in [9.17, 15) is 9.90 Å². The second-order valence-corrected chi connectivity index (χ2v) is 3.98. The number of carbonyl (C=O) groups excluding carboxylic acids is 1. The van der Waals surface area contributed by atoms with Crippen LogP contribution in [-0.2, 0) is 4.79 Å². The molecule has 12 heavy (non-hydrogen) atoms. The summed E-state index contributed by atoms with van der Waals surface area (Å²) in [5.41, 5.74) is -0.0229. The van der Waals surface area contributed by atoms with Gasteiger partial charge in [0.2, 0.25) is 0 Å². The van der Waals surface area contributed by atoms with Crippen LogP contribution in [-0.4, -0.2) is 16.5 Å². The van der Waals surface area contributed by atoms with Crippen molar-refractivity contribution in [2.45, 2.75) is 38.7 Å². The Balaban J connectivity index is 2.64. The molecule has 0 radical (unpaired) electrons. The number of aliphatic hydroxyl groups is 1. The maximum absolute atomic E-state index is 11.3. The number of Topliss-reactive ketones (excluding diaryl/α,β-unsaturated/α-hetero) is 1. The second kappa shape index (κ2) is 3.02. The molecule has 2 atom stereocenters. The number of ketones is 1. The fraction of sp³-hybridized carbons (Fsp3) is 0.700. The average Bonchev–Trinajstić information content (AvgIpc) is 1.94. The van der Waals surface area contributed by atoms with Crippen LogP contribution in [0.1, 0.15) is 33.1 Å². The molecule has 0 spiro atoms. The van der Waals surface area contributed by atoms with Gasteiger partial charge in [0.25, 0.3) is 0 Å². The topological polar surface area (TPSA) is 37.3 Å². The summed E-state index contributed by atoms with van der Waals surface area (Å²) in [7, 11) is 0. The molecular formula is C10H16O2. The normalized spacial score (nSPS) is 36.6. The first-order chi connectivity index (χ1) is 5.43. The molecule has 1 aliphatic rings. The highest BCUT2D eigenvalue weighted by molar-refractivity contribution is 5.87. The molecule has 0 aliphatic heterocycles. The van der Waals surface area contributed by atoms with Gasteiger partial charge in [0.1, 0.15) is 5.60 Å². The molecule has 0 saturated heterocycles. The standard InChI is InChI=1S/C10H16O2/c1-7(2)8-4-5-10(3,12)9(11)6-8/h8,12H,1,4-6H2,2-3H3/t8-,10+/m1/s1. The van der Waals surface area contributed by atoms with Gasteiger partial charge in [0.05, 0.1) is 0 Å². The molecule has 68 valence electrons. The summed E-state index contributed by atoms with van der Waals surface area (Å²) >= 11 is 0. The van der Waals surface area contributed by atoms with E-state index in [1.807, 2.05) is 6.92 Å². The Morgan fingerprint density at radius 1 is 1.75 bits per heavy atom. The fourth-order valence-corrected chi connectivity index (χ4v) is 1.56. The van der Waals surface area contributed by atoms with Crippen molar-refractivity contribution in [1.29, 1.82) is 0 Å². The number of allylic oxidation sites excluding steroid dienone is 1. The lowest BCUT2D eigenvalue weighted by molar-refractivity contribution is -0.140. The zero-order valence-corrected chi connectivity index (χ0v) is 7.76. The summed E-state index contributed by atoms with van der Waals surface area (Å²) < 4.78 is 0. The van der Waals surface area contributed by atoms with Crippen LogP contribution >= 0.6 is 0 Å². The van der Waals surface area contributed by atoms with Gasteiger partial charge in [-0.15, -0.1) is 0 Å². The third-order valence-electron chi connectivity index (χ3n) is 2.71. The van der Waals surface area contributed by atoms with Crippen LogP contribution in [0.25, 0.3) is 0 Å². The lowest BCUT2D eigenvalue weighted by Crippen LogP contribution is -2.40. The Hall–Kier alpha value is -0.630. The van der Waals surface area contributed by atoms with E-state index in [1.54, 1.807) is 6.92 Å². The van der Waals surface area contributed by atoms with Crippen molar-refractivity contribution >= 4 is 5.78 Å². The van der Waals surface area contributed by atoms with E-state index in [4.69, 9.17) is 0 Å². The molecule has 0 amide bonds. The van der Waals surface area contributed by atoms with Gasteiger partial charge in [-0.1, -0.05) is 12.2 Å². The molecule has 0 bridgehead atoms. The smallest absolute Gasteiger partial charge is 0.164 e. The summed E-state index contributed by atoms with van der Waals surface area (Å²) in [5.74, 6) is 0.250. The Kier molecular flexibility index (Phi) is 2.38. The SMILES string of the molecule is C=C(C)[C@@H]1CC[C@](C)(O)C(=O)C1. The summed E-state index contributed by atoms with van der Waals surface area (Å²) in [6, 6.07) is 0. The van der Waals surface area contributed by atoms with Gasteiger partial charge in [-0.3, -0.25) is 4.79 Å².